The van der Waals surface area contributed by atoms with Crippen molar-refractivity contribution in [2.75, 3.05) is 6.61 Å². The third-order valence-electron chi connectivity index (χ3n) is 6.17. The molecule has 24 heavy (non-hydrogen) atoms. The molecule has 0 atom stereocenters. The van der Waals surface area contributed by atoms with Gasteiger partial charge in [0.15, 0.2) is 0 Å². The Morgan fingerprint density at radius 1 is 0.958 bits per heavy atom. The third-order valence-corrected chi connectivity index (χ3v) is 9.67. The highest BCUT2D eigenvalue weighted by molar-refractivity contribution is 6.89. The van der Waals surface area contributed by atoms with Crippen LogP contribution in [0.25, 0.3) is 0 Å². The van der Waals surface area contributed by atoms with Crippen molar-refractivity contribution in [1.29, 1.82) is 0 Å². The SMILES string of the molecule is CCCC1CCC(c2ccc([Si](C)(C)CCCCCO)cc2)CC1. The predicted octanol–water partition coefficient (Wildman–Crippen LogP) is 5.84. The minimum absolute atomic E-state index is 0.344. The Morgan fingerprint density at radius 3 is 2.21 bits per heavy atom. The van der Waals surface area contributed by atoms with Crippen LogP contribution in [0.4, 0.5) is 0 Å². The Bertz CT molecular complexity index is 457. The van der Waals surface area contributed by atoms with E-state index in [1.807, 2.05) is 0 Å². The predicted molar refractivity (Wildman–Crippen MR) is 109 cm³/mol. The molecule has 1 fully saturated rings. The quantitative estimate of drug-likeness (QED) is 0.440. The molecule has 0 unspecified atom stereocenters. The summed E-state index contributed by atoms with van der Waals surface area (Å²) in [6.45, 7) is 7.66. The first-order chi connectivity index (χ1) is 11.6. The molecule has 0 saturated heterocycles. The first-order valence-electron chi connectivity index (χ1n) is 10.3. The molecule has 0 heterocycles. The van der Waals surface area contributed by atoms with Gasteiger partial charge < -0.3 is 5.11 Å². The molecule has 0 bridgehead atoms. The van der Waals surface area contributed by atoms with Crippen LogP contribution in [0.3, 0.4) is 0 Å². The molecule has 2 heteroatoms. The average Bonchev–Trinajstić information content (AvgIpc) is 2.60. The van der Waals surface area contributed by atoms with E-state index in [9.17, 15) is 0 Å². The molecular weight excluding hydrogens is 308 g/mol. The molecule has 136 valence electrons. The number of hydrogen-bond donors (Lipinski definition) is 1. The smallest absolute Gasteiger partial charge is 0.0806 e. The number of unbranched alkanes of at least 4 members (excludes halogenated alkanes) is 2. The molecule has 1 aromatic carbocycles. The molecule has 1 saturated carbocycles. The van der Waals surface area contributed by atoms with Crippen LogP contribution in [0.5, 0.6) is 0 Å². The van der Waals surface area contributed by atoms with Crippen LogP contribution in [-0.2, 0) is 0 Å². The summed E-state index contributed by atoms with van der Waals surface area (Å²) >= 11 is 0. The Balaban J connectivity index is 1.88. The van der Waals surface area contributed by atoms with Crippen molar-refractivity contribution in [2.24, 2.45) is 5.92 Å². The molecule has 1 aliphatic rings. The molecule has 0 aliphatic heterocycles. The summed E-state index contributed by atoms with van der Waals surface area (Å²) in [4.78, 5) is 0. The topological polar surface area (TPSA) is 20.2 Å². The summed E-state index contributed by atoms with van der Waals surface area (Å²) in [5.41, 5.74) is 1.58. The maximum atomic E-state index is 8.92. The summed E-state index contributed by atoms with van der Waals surface area (Å²) < 4.78 is 0. The zero-order chi connectivity index (χ0) is 17.4. The Hall–Kier alpha value is -0.603. The minimum Gasteiger partial charge on any atom is -0.396 e. The van der Waals surface area contributed by atoms with E-state index in [1.54, 1.807) is 10.8 Å². The fourth-order valence-electron chi connectivity index (χ4n) is 4.40. The van der Waals surface area contributed by atoms with Crippen LogP contribution in [0.2, 0.25) is 19.1 Å². The second-order valence-electron chi connectivity index (χ2n) is 8.55. The van der Waals surface area contributed by atoms with Crippen molar-refractivity contribution < 1.29 is 5.11 Å². The van der Waals surface area contributed by atoms with Crippen LogP contribution in [-0.4, -0.2) is 19.8 Å². The van der Waals surface area contributed by atoms with Gasteiger partial charge in [-0.25, -0.2) is 0 Å². The minimum atomic E-state index is -1.31. The number of aliphatic hydroxyl groups is 1. The van der Waals surface area contributed by atoms with Gasteiger partial charge in [-0.1, -0.05) is 81.2 Å². The van der Waals surface area contributed by atoms with Crippen molar-refractivity contribution in [2.45, 2.75) is 89.8 Å². The summed E-state index contributed by atoms with van der Waals surface area (Å²) in [6.07, 6.45) is 11.8. The van der Waals surface area contributed by atoms with Gasteiger partial charge in [-0.2, -0.15) is 0 Å². The van der Waals surface area contributed by atoms with E-state index in [0.717, 1.165) is 18.3 Å². The van der Waals surface area contributed by atoms with Crippen LogP contribution in [0, 0.1) is 5.92 Å². The van der Waals surface area contributed by atoms with Crippen LogP contribution >= 0.6 is 0 Å². The van der Waals surface area contributed by atoms with Crippen molar-refractivity contribution in [3.05, 3.63) is 29.8 Å². The second-order valence-corrected chi connectivity index (χ2v) is 13.4. The van der Waals surface area contributed by atoms with E-state index in [0.29, 0.717) is 6.61 Å². The van der Waals surface area contributed by atoms with Gasteiger partial charge in [0, 0.05) is 6.61 Å². The van der Waals surface area contributed by atoms with Gasteiger partial charge in [-0.05, 0) is 49.5 Å². The second kappa shape index (κ2) is 9.77. The van der Waals surface area contributed by atoms with Crippen LogP contribution in [0.1, 0.15) is 76.2 Å². The van der Waals surface area contributed by atoms with Gasteiger partial charge in [0.05, 0.1) is 8.07 Å². The molecule has 2 rings (SSSR count). The van der Waals surface area contributed by atoms with Gasteiger partial charge in [0.25, 0.3) is 0 Å². The van der Waals surface area contributed by atoms with E-state index in [1.165, 1.54) is 57.4 Å². The molecule has 1 N–H and O–H groups in total. The monoisotopic (exact) mass is 346 g/mol. The van der Waals surface area contributed by atoms with Crippen molar-refractivity contribution in [1.82, 2.24) is 0 Å². The molecule has 0 aromatic heterocycles. The molecule has 0 radical (unpaired) electrons. The first kappa shape index (κ1) is 19.7. The fourth-order valence-corrected chi connectivity index (χ4v) is 6.89. The molecule has 1 nitrogen and oxygen atoms in total. The van der Waals surface area contributed by atoms with Gasteiger partial charge >= 0.3 is 0 Å². The van der Waals surface area contributed by atoms with E-state index in [4.69, 9.17) is 5.11 Å². The van der Waals surface area contributed by atoms with Crippen LogP contribution < -0.4 is 5.19 Å². The Morgan fingerprint density at radius 2 is 1.62 bits per heavy atom. The van der Waals surface area contributed by atoms with E-state index in [2.05, 4.69) is 44.3 Å². The summed E-state index contributed by atoms with van der Waals surface area (Å²) in [5.74, 6) is 1.80. The van der Waals surface area contributed by atoms with Crippen molar-refractivity contribution in [3.63, 3.8) is 0 Å². The lowest BCUT2D eigenvalue weighted by Gasteiger charge is -2.29. The first-order valence-corrected chi connectivity index (χ1v) is 13.5. The van der Waals surface area contributed by atoms with E-state index in [-0.39, 0.29) is 0 Å². The Labute approximate surface area is 150 Å². The van der Waals surface area contributed by atoms with E-state index < -0.39 is 8.07 Å². The average molecular weight is 347 g/mol. The molecule has 0 amide bonds. The third kappa shape index (κ3) is 5.74. The van der Waals surface area contributed by atoms with Gasteiger partial charge in [0.2, 0.25) is 0 Å². The zero-order valence-corrected chi connectivity index (χ0v) is 17.2. The van der Waals surface area contributed by atoms with Crippen molar-refractivity contribution >= 4 is 13.3 Å². The molecule has 1 aliphatic carbocycles. The van der Waals surface area contributed by atoms with Crippen molar-refractivity contribution in [3.8, 4) is 0 Å². The number of benzene rings is 1. The summed E-state index contributed by atoms with van der Waals surface area (Å²) in [7, 11) is -1.31. The van der Waals surface area contributed by atoms with E-state index >= 15 is 0 Å². The normalized spacial score (nSPS) is 21.8. The molecular formula is C22H38OSi. The van der Waals surface area contributed by atoms with Gasteiger partial charge in [0.1, 0.15) is 0 Å². The molecule has 0 spiro atoms. The number of rotatable bonds is 9. The number of aliphatic hydroxyl groups excluding tert-OH is 1. The highest BCUT2D eigenvalue weighted by Gasteiger charge is 2.24. The molecule has 1 aromatic rings. The van der Waals surface area contributed by atoms with Crippen LogP contribution in [0.15, 0.2) is 24.3 Å². The van der Waals surface area contributed by atoms with Gasteiger partial charge in [-0.3, -0.25) is 0 Å². The zero-order valence-electron chi connectivity index (χ0n) is 16.2. The lowest BCUT2D eigenvalue weighted by Crippen LogP contribution is -2.41. The van der Waals surface area contributed by atoms with Gasteiger partial charge in [-0.15, -0.1) is 0 Å². The maximum Gasteiger partial charge on any atom is 0.0806 e. The Kier molecular flexibility index (Phi) is 8.03. The largest absolute Gasteiger partial charge is 0.396 e. The lowest BCUT2D eigenvalue weighted by molar-refractivity contribution is 0.284. The highest BCUT2D eigenvalue weighted by Crippen LogP contribution is 2.37. The summed E-state index contributed by atoms with van der Waals surface area (Å²) in [6, 6.07) is 11.1. The summed E-state index contributed by atoms with van der Waals surface area (Å²) in [5, 5.41) is 10.5. The standard InChI is InChI=1S/C22H38OSi/c1-4-8-19-9-11-20(12-10-19)21-13-15-22(16-14-21)24(2,3)18-7-5-6-17-23/h13-16,19-20,23H,4-12,17-18H2,1-3H3. The number of hydrogen-bond acceptors (Lipinski definition) is 1. The maximum absolute atomic E-state index is 8.92. The lowest BCUT2D eigenvalue weighted by atomic mass is 9.77. The fraction of sp³-hybridized carbons (Fsp3) is 0.727. The highest BCUT2D eigenvalue weighted by atomic mass is 28.3.